The lowest BCUT2D eigenvalue weighted by atomic mass is 10.1. The van der Waals surface area contributed by atoms with E-state index in [1.807, 2.05) is 0 Å². The van der Waals surface area contributed by atoms with Crippen LogP contribution in [0.2, 0.25) is 10.0 Å². The maximum Gasteiger partial charge on any atom is 0.253 e. The van der Waals surface area contributed by atoms with E-state index in [1.54, 1.807) is 25.3 Å². The van der Waals surface area contributed by atoms with Crippen LogP contribution in [0.1, 0.15) is 16.8 Å². The minimum absolute atomic E-state index is 0.159. The molecule has 1 atom stereocenters. The molecule has 0 fully saturated rings. The Balaban J connectivity index is 2.72. The molecule has 1 amide bonds. The molecule has 0 bridgehead atoms. The summed E-state index contributed by atoms with van der Waals surface area (Å²) in [5.41, 5.74) is 0.292. The molecule has 0 saturated heterocycles. The number of hydrogen-bond acceptors (Lipinski definition) is 3. The lowest BCUT2D eigenvalue weighted by Gasteiger charge is -2.16. The number of ether oxygens (including phenoxy) is 1. The predicted molar refractivity (Wildman–Crippen MR) is 71.3 cm³/mol. The quantitative estimate of drug-likeness (QED) is 0.844. The van der Waals surface area contributed by atoms with E-state index < -0.39 is 0 Å². The van der Waals surface area contributed by atoms with E-state index in [4.69, 9.17) is 33.0 Å². The summed E-state index contributed by atoms with van der Waals surface area (Å²) >= 11 is 11.8. The fourth-order valence-corrected chi connectivity index (χ4v) is 1.80. The first-order chi connectivity index (χ1) is 8.60. The first-order valence-electron chi connectivity index (χ1n) is 5.44. The molecule has 0 spiro atoms. The van der Waals surface area contributed by atoms with E-state index in [2.05, 4.69) is 5.32 Å². The number of halogens is 2. The third-order valence-corrected chi connectivity index (χ3v) is 3.24. The Bertz CT molecular complexity index is 412. The van der Waals surface area contributed by atoms with Crippen LogP contribution in [-0.2, 0) is 4.74 Å². The van der Waals surface area contributed by atoms with Gasteiger partial charge in [-0.05, 0) is 18.6 Å². The van der Waals surface area contributed by atoms with Gasteiger partial charge in [-0.25, -0.2) is 0 Å². The molecule has 1 aromatic rings. The lowest BCUT2D eigenvalue weighted by Crippen LogP contribution is -2.38. The molecule has 0 saturated carbocycles. The van der Waals surface area contributed by atoms with Gasteiger partial charge >= 0.3 is 0 Å². The summed E-state index contributed by atoms with van der Waals surface area (Å²) in [4.78, 5) is 11.9. The number of benzene rings is 1. The normalized spacial score (nSPS) is 12.2. The van der Waals surface area contributed by atoms with Crippen molar-refractivity contribution in [2.75, 3.05) is 20.3 Å². The number of aliphatic hydroxyl groups is 1. The van der Waals surface area contributed by atoms with Crippen molar-refractivity contribution in [2.45, 2.75) is 12.5 Å². The Kier molecular flexibility index (Phi) is 6.43. The molecule has 18 heavy (non-hydrogen) atoms. The average Bonchev–Trinajstić information content (AvgIpc) is 2.37. The van der Waals surface area contributed by atoms with Crippen LogP contribution < -0.4 is 5.32 Å². The molecule has 6 heteroatoms. The van der Waals surface area contributed by atoms with Crippen LogP contribution in [0.25, 0.3) is 0 Å². The van der Waals surface area contributed by atoms with E-state index in [1.165, 1.54) is 0 Å². The summed E-state index contributed by atoms with van der Waals surface area (Å²) in [6.45, 7) is 0.294. The molecule has 1 unspecified atom stereocenters. The van der Waals surface area contributed by atoms with Gasteiger partial charge in [0, 0.05) is 13.7 Å². The van der Waals surface area contributed by atoms with Gasteiger partial charge < -0.3 is 15.2 Å². The first kappa shape index (κ1) is 15.2. The summed E-state index contributed by atoms with van der Waals surface area (Å²) in [6.07, 6.45) is 0.525. The van der Waals surface area contributed by atoms with Crippen LogP contribution in [0.5, 0.6) is 0 Å². The van der Waals surface area contributed by atoms with Crippen molar-refractivity contribution in [3.05, 3.63) is 33.8 Å². The van der Waals surface area contributed by atoms with Crippen molar-refractivity contribution in [1.29, 1.82) is 0 Å². The SMILES string of the molecule is COCCC(CO)NC(=O)c1cccc(Cl)c1Cl. The van der Waals surface area contributed by atoms with Crippen LogP contribution in [0.3, 0.4) is 0 Å². The summed E-state index contributed by atoms with van der Waals surface area (Å²) in [5, 5.41) is 12.3. The topological polar surface area (TPSA) is 58.6 Å². The highest BCUT2D eigenvalue weighted by Gasteiger charge is 2.16. The Labute approximate surface area is 116 Å². The van der Waals surface area contributed by atoms with Crippen molar-refractivity contribution in [2.24, 2.45) is 0 Å². The Morgan fingerprint density at radius 1 is 1.50 bits per heavy atom. The van der Waals surface area contributed by atoms with Gasteiger partial charge in [-0.1, -0.05) is 29.3 Å². The van der Waals surface area contributed by atoms with E-state index >= 15 is 0 Å². The molecule has 0 radical (unpaired) electrons. The zero-order valence-electron chi connectivity index (χ0n) is 9.95. The number of rotatable bonds is 6. The number of carbonyl (C=O) groups excluding carboxylic acids is 1. The predicted octanol–water partition coefficient (Wildman–Crippen LogP) is 2.12. The molecular weight excluding hydrogens is 277 g/mol. The highest BCUT2D eigenvalue weighted by Crippen LogP contribution is 2.25. The lowest BCUT2D eigenvalue weighted by molar-refractivity contribution is 0.0895. The fourth-order valence-electron chi connectivity index (χ4n) is 1.41. The van der Waals surface area contributed by atoms with E-state index in [-0.39, 0.29) is 23.6 Å². The Morgan fingerprint density at radius 2 is 2.22 bits per heavy atom. The highest BCUT2D eigenvalue weighted by molar-refractivity contribution is 6.43. The monoisotopic (exact) mass is 291 g/mol. The number of nitrogens with one attached hydrogen (secondary N) is 1. The van der Waals surface area contributed by atoms with Crippen LogP contribution in [0, 0.1) is 0 Å². The molecule has 2 N–H and O–H groups in total. The smallest absolute Gasteiger partial charge is 0.253 e. The summed E-state index contributed by atoms with van der Waals surface area (Å²) in [7, 11) is 1.56. The molecule has 0 aliphatic heterocycles. The minimum atomic E-state index is -0.368. The Hall–Kier alpha value is -0.810. The number of methoxy groups -OCH3 is 1. The number of amides is 1. The van der Waals surface area contributed by atoms with Crippen molar-refractivity contribution >= 4 is 29.1 Å². The standard InChI is InChI=1S/C12H15Cl2NO3/c1-18-6-5-8(7-16)15-12(17)9-3-2-4-10(13)11(9)14/h2-4,8,16H,5-7H2,1H3,(H,15,17). The van der Waals surface area contributed by atoms with E-state index in [0.29, 0.717) is 23.6 Å². The molecule has 0 aromatic heterocycles. The molecule has 0 aliphatic rings. The molecule has 0 aliphatic carbocycles. The Morgan fingerprint density at radius 3 is 2.83 bits per heavy atom. The van der Waals surface area contributed by atoms with Gasteiger partial charge in [0.05, 0.1) is 28.3 Å². The van der Waals surface area contributed by atoms with Crippen LogP contribution in [0.4, 0.5) is 0 Å². The van der Waals surface area contributed by atoms with E-state index in [0.717, 1.165) is 0 Å². The second-order valence-electron chi connectivity index (χ2n) is 3.74. The van der Waals surface area contributed by atoms with E-state index in [9.17, 15) is 4.79 Å². The van der Waals surface area contributed by atoms with Gasteiger partial charge in [0.15, 0.2) is 0 Å². The zero-order chi connectivity index (χ0) is 13.5. The maximum absolute atomic E-state index is 11.9. The largest absolute Gasteiger partial charge is 0.394 e. The maximum atomic E-state index is 11.9. The second kappa shape index (κ2) is 7.59. The van der Waals surface area contributed by atoms with Gasteiger partial charge in [-0.15, -0.1) is 0 Å². The van der Waals surface area contributed by atoms with Gasteiger partial charge in [0.25, 0.3) is 5.91 Å². The highest BCUT2D eigenvalue weighted by atomic mass is 35.5. The molecule has 4 nitrogen and oxygen atoms in total. The first-order valence-corrected chi connectivity index (χ1v) is 6.20. The summed E-state index contributed by atoms with van der Waals surface area (Å²) < 4.78 is 4.89. The van der Waals surface area contributed by atoms with Crippen molar-refractivity contribution in [3.8, 4) is 0 Å². The molecule has 100 valence electrons. The summed E-state index contributed by atoms with van der Waals surface area (Å²) in [5.74, 6) is -0.363. The van der Waals surface area contributed by atoms with Gasteiger partial charge in [-0.3, -0.25) is 4.79 Å². The van der Waals surface area contributed by atoms with Crippen molar-refractivity contribution in [3.63, 3.8) is 0 Å². The van der Waals surface area contributed by atoms with Crippen LogP contribution in [-0.4, -0.2) is 37.4 Å². The average molecular weight is 292 g/mol. The van der Waals surface area contributed by atoms with Crippen molar-refractivity contribution in [1.82, 2.24) is 5.32 Å². The molecule has 0 heterocycles. The second-order valence-corrected chi connectivity index (χ2v) is 4.52. The zero-order valence-corrected chi connectivity index (χ0v) is 11.5. The third-order valence-electron chi connectivity index (χ3n) is 2.42. The molecule has 1 aromatic carbocycles. The van der Waals surface area contributed by atoms with Gasteiger partial charge in [0.2, 0.25) is 0 Å². The van der Waals surface area contributed by atoms with Crippen molar-refractivity contribution < 1.29 is 14.6 Å². The number of carbonyl (C=O) groups is 1. The molecule has 1 rings (SSSR count). The summed E-state index contributed by atoms with van der Waals surface area (Å²) in [6, 6.07) is 4.46. The fraction of sp³-hybridized carbons (Fsp3) is 0.417. The minimum Gasteiger partial charge on any atom is -0.394 e. The number of hydrogen-bond donors (Lipinski definition) is 2. The van der Waals surface area contributed by atoms with Gasteiger partial charge in [0.1, 0.15) is 0 Å². The molecular formula is C12H15Cl2NO3. The van der Waals surface area contributed by atoms with Crippen LogP contribution in [0.15, 0.2) is 18.2 Å². The number of aliphatic hydroxyl groups excluding tert-OH is 1. The van der Waals surface area contributed by atoms with Crippen LogP contribution >= 0.6 is 23.2 Å². The van der Waals surface area contributed by atoms with Gasteiger partial charge in [-0.2, -0.15) is 0 Å². The third kappa shape index (κ3) is 4.14.